The molecule has 0 unspecified atom stereocenters. The van der Waals surface area contributed by atoms with Gasteiger partial charge in [0.05, 0.1) is 18.6 Å². The van der Waals surface area contributed by atoms with E-state index >= 15 is 0 Å². The van der Waals surface area contributed by atoms with Crippen molar-refractivity contribution in [2.75, 3.05) is 13.2 Å². The van der Waals surface area contributed by atoms with E-state index in [-0.39, 0.29) is 30.5 Å². The Bertz CT molecular complexity index is 806. The molecule has 6 heteroatoms. The number of pyridine rings is 1. The molecule has 1 amide bonds. The number of hydrogen-bond donors (Lipinski definition) is 2. The van der Waals surface area contributed by atoms with Crippen molar-refractivity contribution in [1.82, 2.24) is 10.3 Å². The molecule has 0 radical (unpaired) electrons. The molecule has 0 atom stereocenters. The number of nitrogens with one attached hydrogen (secondary N) is 1. The number of Topliss-reactive ketones (excluding diaryl/α,β-unsaturated/α-hetero) is 1. The van der Waals surface area contributed by atoms with E-state index in [2.05, 4.69) is 16.4 Å². The molecule has 0 aliphatic heterocycles. The number of benzene rings is 1. The average Bonchev–Trinajstić information content (AvgIpc) is 2.70. The summed E-state index contributed by atoms with van der Waals surface area (Å²) in [4.78, 5) is 27.7. The second-order valence-corrected chi connectivity index (χ2v) is 7.01. The van der Waals surface area contributed by atoms with Crippen LogP contribution in [0.3, 0.4) is 0 Å². The number of nitrogens with zero attached hydrogens (tertiary/aromatic N) is 1. The van der Waals surface area contributed by atoms with Gasteiger partial charge in [0.25, 0.3) is 0 Å². The smallest absolute Gasteiger partial charge is 0.223 e. The van der Waals surface area contributed by atoms with Gasteiger partial charge in [-0.2, -0.15) is 0 Å². The molecular weight excluding hydrogens is 368 g/mol. The number of phenolic OH excluding ortho intramolecular Hbond substituents is 1. The summed E-state index contributed by atoms with van der Waals surface area (Å²) in [5.74, 6) is 0.260. The number of carbonyl (C=O) groups is 2. The molecule has 0 bridgehead atoms. The lowest BCUT2D eigenvalue weighted by molar-refractivity contribution is -0.121. The van der Waals surface area contributed by atoms with Crippen molar-refractivity contribution < 1.29 is 19.4 Å². The van der Waals surface area contributed by atoms with E-state index in [1.165, 1.54) is 12.5 Å². The minimum atomic E-state index is -0.186. The molecule has 1 heterocycles. The number of aromatic hydroxyl groups is 1. The molecule has 0 spiro atoms. The van der Waals surface area contributed by atoms with Crippen molar-refractivity contribution in [1.29, 1.82) is 0 Å². The van der Waals surface area contributed by atoms with Crippen LogP contribution in [0.2, 0.25) is 0 Å². The van der Waals surface area contributed by atoms with Crippen LogP contribution < -0.4 is 10.1 Å². The van der Waals surface area contributed by atoms with Crippen molar-refractivity contribution in [2.24, 2.45) is 0 Å². The fraction of sp³-hybridized carbons (Fsp3) is 0.435. The summed E-state index contributed by atoms with van der Waals surface area (Å²) in [6.07, 6.45) is 8.12. The van der Waals surface area contributed by atoms with Gasteiger partial charge >= 0.3 is 0 Å². The Morgan fingerprint density at radius 1 is 1.17 bits per heavy atom. The van der Waals surface area contributed by atoms with Crippen LogP contribution in [0.15, 0.2) is 36.7 Å². The Morgan fingerprint density at radius 2 is 2.00 bits per heavy atom. The number of carbonyl (C=O) groups excluding carboxylic acids is 2. The molecule has 2 aromatic rings. The Balaban J connectivity index is 1.72. The molecule has 29 heavy (non-hydrogen) atoms. The monoisotopic (exact) mass is 398 g/mol. The largest absolute Gasteiger partial charge is 0.507 e. The van der Waals surface area contributed by atoms with Crippen molar-refractivity contribution in [3.05, 3.63) is 53.3 Å². The summed E-state index contributed by atoms with van der Waals surface area (Å²) in [5.41, 5.74) is 2.12. The SMILES string of the molecule is CCCc1c(OCCC(=O)NCCCCc2cccnc2)ccc(C(C)=O)c1O. The van der Waals surface area contributed by atoms with Crippen LogP contribution in [0.1, 0.15) is 61.0 Å². The van der Waals surface area contributed by atoms with E-state index in [0.717, 1.165) is 25.7 Å². The summed E-state index contributed by atoms with van der Waals surface area (Å²) in [6.45, 7) is 4.27. The summed E-state index contributed by atoms with van der Waals surface area (Å²) < 4.78 is 5.72. The van der Waals surface area contributed by atoms with Crippen LogP contribution in [-0.4, -0.2) is 34.9 Å². The number of phenols is 1. The highest BCUT2D eigenvalue weighted by Gasteiger charge is 2.16. The molecule has 0 saturated heterocycles. The van der Waals surface area contributed by atoms with E-state index < -0.39 is 0 Å². The van der Waals surface area contributed by atoms with Crippen LogP contribution in [0.5, 0.6) is 11.5 Å². The standard InChI is InChI=1S/C23H30N2O4/c1-3-7-20-21(11-10-19(17(2)26)23(20)28)29-15-12-22(27)25-14-5-4-8-18-9-6-13-24-16-18/h6,9-11,13,16,28H,3-5,7-8,12,14-15H2,1-2H3,(H,25,27). The van der Waals surface area contributed by atoms with Crippen LogP contribution in [0, 0.1) is 0 Å². The maximum Gasteiger partial charge on any atom is 0.223 e. The van der Waals surface area contributed by atoms with Gasteiger partial charge in [0.2, 0.25) is 5.91 Å². The first kappa shape index (κ1) is 22.4. The first-order chi connectivity index (χ1) is 14.0. The zero-order chi connectivity index (χ0) is 21.1. The first-order valence-corrected chi connectivity index (χ1v) is 10.2. The Kier molecular flexibility index (Phi) is 9.15. The second kappa shape index (κ2) is 11.8. The van der Waals surface area contributed by atoms with Crippen LogP contribution in [0.25, 0.3) is 0 Å². The Labute approximate surface area is 172 Å². The maximum atomic E-state index is 12.0. The number of amides is 1. The van der Waals surface area contributed by atoms with Gasteiger partial charge in [-0.25, -0.2) is 0 Å². The fourth-order valence-corrected chi connectivity index (χ4v) is 3.10. The number of unbranched alkanes of at least 4 members (excludes halogenated alkanes) is 1. The van der Waals surface area contributed by atoms with Crippen molar-refractivity contribution in [3.8, 4) is 11.5 Å². The lowest BCUT2D eigenvalue weighted by Gasteiger charge is -2.14. The number of hydrogen-bond acceptors (Lipinski definition) is 5. The lowest BCUT2D eigenvalue weighted by Crippen LogP contribution is -2.26. The topological polar surface area (TPSA) is 88.5 Å². The third-order valence-electron chi connectivity index (χ3n) is 4.64. The maximum absolute atomic E-state index is 12.0. The molecule has 0 aliphatic rings. The number of aromatic nitrogens is 1. The third-order valence-corrected chi connectivity index (χ3v) is 4.64. The second-order valence-electron chi connectivity index (χ2n) is 7.01. The average molecular weight is 399 g/mol. The van der Waals surface area contributed by atoms with Gasteiger partial charge in [0, 0.05) is 24.5 Å². The van der Waals surface area contributed by atoms with Gasteiger partial charge in [-0.3, -0.25) is 14.6 Å². The molecule has 6 nitrogen and oxygen atoms in total. The van der Waals surface area contributed by atoms with E-state index in [1.807, 2.05) is 19.2 Å². The van der Waals surface area contributed by atoms with Gasteiger partial charge in [0.15, 0.2) is 5.78 Å². The molecule has 2 rings (SSSR count). The molecule has 1 aromatic carbocycles. The molecule has 2 N–H and O–H groups in total. The summed E-state index contributed by atoms with van der Waals surface area (Å²) in [5, 5.41) is 13.2. The molecular formula is C23H30N2O4. The fourth-order valence-electron chi connectivity index (χ4n) is 3.10. The number of aryl methyl sites for hydroxylation is 1. The zero-order valence-corrected chi connectivity index (χ0v) is 17.2. The van der Waals surface area contributed by atoms with E-state index in [1.54, 1.807) is 18.3 Å². The number of rotatable bonds is 12. The highest BCUT2D eigenvalue weighted by atomic mass is 16.5. The highest BCUT2D eigenvalue weighted by Crippen LogP contribution is 2.33. The van der Waals surface area contributed by atoms with Crippen LogP contribution in [-0.2, 0) is 17.6 Å². The quantitative estimate of drug-likeness (QED) is 0.419. The highest BCUT2D eigenvalue weighted by molar-refractivity contribution is 5.97. The normalized spacial score (nSPS) is 10.6. The van der Waals surface area contributed by atoms with Crippen molar-refractivity contribution >= 4 is 11.7 Å². The molecule has 0 fully saturated rings. The molecule has 0 saturated carbocycles. The number of ether oxygens (including phenoxy) is 1. The van der Waals surface area contributed by atoms with E-state index in [0.29, 0.717) is 29.8 Å². The van der Waals surface area contributed by atoms with Gasteiger partial charge in [-0.05, 0) is 56.4 Å². The minimum absolute atomic E-state index is 0.0186. The summed E-state index contributed by atoms with van der Waals surface area (Å²) in [7, 11) is 0. The summed E-state index contributed by atoms with van der Waals surface area (Å²) in [6, 6.07) is 7.24. The Morgan fingerprint density at radius 3 is 2.69 bits per heavy atom. The Hall–Kier alpha value is -2.89. The van der Waals surface area contributed by atoms with E-state index in [9.17, 15) is 14.7 Å². The van der Waals surface area contributed by atoms with Crippen LogP contribution >= 0.6 is 0 Å². The van der Waals surface area contributed by atoms with Crippen molar-refractivity contribution in [2.45, 2.75) is 52.4 Å². The first-order valence-electron chi connectivity index (χ1n) is 10.2. The van der Waals surface area contributed by atoms with Gasteiger partial charge < -0.3 is 15.2 Å². The van der Waals surface area contributed by atoms with Crippen LogP contribution in [0.4, 0.5) is 0 Å². The zero-order valence-electron chi connectivity index (χ0n) is 17.2. The predicted octanol–water partition coefficient (Wildman–Crippen LogP) is 3.85. The lowest BCUT2D eigenvalue weighted by atomic mass is 10.0. The third kappa shape index (κ3) is 7.22. The predicted molar refractivity (Wildman–Crippen MR) is 112 cm³/mol. The molecule has 156 valence electrons. The molecule has 0 aliphatic carbocycles. The number of ketones is 1. The molecule has 1 aromatic heterocycles. The van der Waals surface area contributed by atoms with Gasteiger partial charge in [0.1, 0.15) is 11.5 Å². The van der Waals surface area contributed by atoms with Crippen molar-refractivity contribution in [3.63, 3.8) is 0 Å². The van der Waals surface area contributed by atoms with E-state index in [4.69, 9.17) is 4.74 Å². The summed E-state index contributed by atoms with van der Waals surface area (Å²) >= 11 is 0. The van der Waals surface area contributed by atoms with Gasteiger partial charge in [-0.1, -0.05) is 19.4 Å². The van der Waals surface area contributed by atoms with Gasteiger partial charge in [-0.15, -0.1) is 0 Å². The minimum Gasteiger partial charge on any atom is -0.507 e.